The van der Waals surface area contributed by atoms with Gasteiger partial charge in [0.25, 0.3) is 0 Å². The second-order valence-corrected chi connectivity index (χ2v) is 8.63. The SMILES string of the molecule is Cc1ccc(-c2nc(C)c(COc3ccc(C(CC(=O)O)C4C=CON4)cc3)s2)cc1. The lowest BCUT2D eigenvalue weighted by molar-refractivity contribution is -0.137. The van der Waals surface area contributed by atoms with Crippen LogP contribution in [0.3, 0.4) is 0 Å². The molecule has 7 heteroatoms. The maximum atomic E-state index is 11.3. The Labute approximate surface area is 185 Å². The average molecular weight is 437 g/mol. The fourth-order valence-electron chi connectivity index (χ4n) is 3.48. The van der Waals surface area contributed by atoms with Crippen molar-refractivity contribution in [2.24, 2.45) is 0 Å². The van der Waals surface area contributed by atoms with Gasteiger partial charge >= 0.3 is 5.97 Å². The summed E-state index contributed by atoms with van der Waals surface area (Å²) in [6.45, 7) is 4.50. The lowest BCUT2D eigenvalue weighted by Crippen LogP contribution is -2.29. The first kappa shape index (κ1) is 21.1. The highest BCUT2D eigenvalue weighted by molar-refractivity contribution is 7.15. The second-order valence-electron chi connectivity index (χ2n) is 7.55. The molecule has 0 bridgehead atoms. The Morgan fingerprint density at radius 2 is 1.94 bits per heavy atom. The summed E-state index contributed by atoms with van der Waals surface area (Å²) in [5.74, 6) is -0.350. The van der Waals surface area contributed by atoms with Crippen molar-refractivity contribution in [1.82, 2.24) is 10.5 Å². The van der Waals surface area contributed by atoms with Gasteiger partial charge in [0.1, 0.15) is 23.6 Å². The minimum absolute atomic E-state index is 0.00736. The van der Waals surface area contributed by atoms with Crippen molar-refractivity contribution in [1.29, 1.82) is 0 Å². The van der Waals surface area contributed by atoms with Gasteiger partial charge in [0, 0.05) is 11.5 Å². The summed E-state index contributed by atoms with van der Waals surface area (Å²) < 4.78 is 5.98. The van der Waals surface area contributed by atoms with Crippen molar-refractivity contribution in [2.45, 2.75) is 38.8 Å². The third kappa shape index (κ3) is 5.13. The number of aromatic nitrogens is 1. The smallest absolute Gasteiger partial charge is 0.304 e. The van der Waals surface area contributed by atoms with E-state index in [2.05, 4.69) is 41.7 Å². The van der Waals surface area contributed by atoms with Gasteiger partial charge < -0.3 is 14.7 Å². The minimum atomic E-state index is -0.850. The van der Waals surface area contributed by atoms with E-state index in [1.54, 1.807) is 17.6 Å². The van der Waals surface area contributed by atoms with Gasteiger partial charge in [-0.1, -0.05) is 42.0 Å². The minimum Gasteiger partial charge on any atom is -0.488 e. The molecule has 2 heterocycles. The zero-order chi connectivity index (χ0) is 21.8. The normalized spacial score (nSPS) is 16.1. The molecule has 0 aliphatic carbocycles. The number of ether oxygens (including phenoxy) is 1. The van der Waals surface area contributed by atoms with Crippen LogP contribution in [0.5, 0.6) is 5.75 Å². The molecule has 4 rings (SSSR count). The molecule has 160 valence electrons. The Bertz CT molecular complexity index is 1070. The molecule has 2 aromatic carbocycles. The van der Waals surface area contributed by atoms with Crippen LogP contribution < -0.4 is 10.2 Å². The molecule has 0 saturated carbocycles. The molecule has 2 atom stereocenters. The van der Waals surface area contributed by atoms with Crippen molar-refractivity contribution in [3.8, 4) is 16.3 Å². The monoisotopic (exact) mass is 436 g/mol. The van der Waals surface area contributed by atoms with Crippen molar-refractivity contribution in [3.05, 3.63) is 82.6 Å². The zero-order valence-corrected chi connectivity index (χ0v) is 18.2. The van der Waals surface area contributed by atoms with E-state index < -0.39 is 5.97 Å². The molecule has 6 nitrogen and oxygen atoms in total. The number of carboxylic acid groups (broad SMARTS) is 1. The largest absolute Gasteiger partial charge is 0.488 e. The Morgan fingerprint density at radius 3 is 2.58 bits per heavy atom. The topological polar surface area (TPSA) is 80.7 Å². The number of hydrogen-bond donors (Lipinski definition) is 2. The van der Waals surface area contributed by atoms with Gasteiger partial charge in [-0.2, -0.15) is 0 Å². The van der Waals surface area contributed by atoms with E-state index in [0.717, 1.165) is 32.5 Å². The Balaban J connectivity index is 1.43. The number of rotatable bonds is 8. The van der Waals surface area contributed by atoms with E-state index in [1.165, 1.54) is 5.56 Å². The van der Waals surface area contributed by atoms with Gasteiger partial charge in [-0.25, -0.2) is 4.98 Å². The Hall–Kier alpha value is -3.16. The molecule has 1 aliphatic heterocycles. The molecule has 2 unspecified atom stereocenters. The fraction of sp³-hybridized carbons (Fsp3) is 0.250. The number of hydroxylamine groups is 1. The highest BCUT2D eigenvalue weighted by Gasteiger charge is 2.26. The molecule has 0 spiro atoms. The number of hydrogen-bond acceptors (Lipinski definition) is 6. The third-order valence-electron chi connectivity index (χ3n) is 5.26. The van der Waals surface area contributed by atoms with E-state index in [1.807, 2.05) is 37.3 Å². The van der Waals surface area contributed by atoms with Crippen molar-refractivity contribution in [3.63, 3.8) is 0 Å². The third-order valence-corrected chi connectivity index (χ3v) is 6.44. The predicted octanol–water partition coefficient (Wildman–Crippen LogP) is 4.98. The van der Waals surface area contributed by atoms with Crippen LogP contribution in [0.15, 0.2) is 60.9 Å². The number of carboxylic acids is 1. The van der Waals surface area contributed by atoms with Crippen LogP contribution in [0, 0.1) is 13.8 Å². The Morgan fingerprint density at radius 1 is 1.19 bits per heavy atom. The number of nitrogens with zero attached hydrogens (tertiary/aromatic N) is 1. The quantitative estimate of drug-likeness (QED) is 0.518. The molecule has 0 radical (unpaired) electrons. The van der Waals surface area contributed by atoms with Crippen LogP contribution in [-0.2, 0) is 16.2 Å². The van der Waals surface area contributed by atoms with E-state index in [9.17, 15) is 9.90 Å². The molecule has 0 fully saturated rings. The summed E-state index contributed by atoms with van der Waals surface area (Å²) in [5, 5.41) is 10.3. The highest BCUT2D eigenvalue weighted by Crippen LogP contribution is 2.30. The van der Waals surface area contributed by atoms with Crippen LogP contribution in [0.2, 0.25) is 0 Å². The predicted molar refractivity (Wildman–Crippen MR) is 120 cm³/mol. The standard InChI is InChI=1S/C24H24N2O4S/c1-15-3-5-18(6-4-15)24-25-16(2)22(31-24)14-29-19-9-7-17(8-10-19)20(13-23(27)28)21-11-12-30-26-21/h3-12,20-21,26H,13-14H2,1-2H3,(H,27,28). The summed E-state index contributed by atoms with van der Waals surface area (Å²) in [7, 11) is 0. The lowest BCUT2D eigenvalue weighted by atomic mass is 9.89. The number of benzene rings is 2. The maximum Gasteiger partial charge on any atom is 0.304 e. The van der Waals surface area contributed by atoms with Gasteiger partial charge in [-0.3, -0.25) is 4.79 Å². The number of aliphatic carboxylic acids is 1. The molecule has 3 aromatic rings. The van der Waals surface area contributed by atoms with Gasteiger partial charge in [-0.15, -0.1) is 16.8 Å². The van der Waals surface area contributed by atoms with Gasteiger partial charge in [-0.05, 0) is 37.6 Å². The zero-order valence-electron chi connectivity index (χ0n) is 17.4. The lowest BCUT2D eigenvalue weighted by Gasteiger charge is -2.20. The van der Waals surface area contributed by atoms with E-state index in [0.29, 0.717) is 6.61 Å². The number of thiazole rings is 1. The van der Waals surface area contributed by atoms with Crippen LogP contribution >= 0.6 is 11.3 Å². The van der Waals surface area contributed by atoms with E-state index >= 15 is 0 Å². The summed E-state index contributed by atoms with van der Waals surface area (Å²) in [5.41, 5.74) is 7.05. The first-order valence-electron chi connectivity index (χ1n) is 10.1. The molecule has 1 aromatic heterocycles. The van der Waals surface area contributed by atoms with Crippen molar-refractivity contribution >= 4 is 17.3 Å². The number of carbonyl (C=O) groups is 1. The molecular weight excluding hydrogens is 412 g/mol. The van der Waals surface area contributed by atoms with E-state index in [-0.39, 0.29) is 18.4 Å². The van der Waals surface area contributed by atoms with Gasteiger partial charge in [0.15, 0.2) is 0 Å². The number of nitrogens with one attached hydrogen (secondary N) is 1. The van der Waals surface area contributed by atoms with Crippen molar-refractivity contribution in [2.75, 3.05) is 0 Å². The van der Waals surface area contributed by atoms with Crippen molar-refractivity contribution < 1.29 is 19.5 Å². The molecule has 1 aliphatic rings. The number of aryl methyl sites for hydroxylation is 2. The highest BCUT2D eigenvalue weighted by atomic mass is 32.1. The van der Waals surface area contributed by atoms with Gasteiger partial charge in [0.2, 0.25) is 0 Å². The molecular formula is C24H24N2O4S. The second kappa shape index (κ2) is 9.32. The molecule has 0 saturated heterocycles. The van der Waals surface area contributed by atoms with Crippen LogP contribution in [0.1, 0.15) is 34.0 Å². The van der Waals surface area contributed by atoms with Crippen LogP contribution in [0.4, 0.5) is 0 Å². The fourth-order valence-corrected chi connectivity index (χ4v) is 4.46. The van der Waals surface area contributed by atoms with Crippen LogP contribution in [-0.4, -0.2) is 22.1 Å². The summed E-state index contributed by atoms with van der Waals surface area (Å²) in [6.07, 6.45) is 3.38. The van der Waals surface area contributed by atoms with E-state index in [4.69, 9.17) is 9.57 Å². The van der Waals surface area contributed by atoms with Crippen LogP contribution in [0.25, 0.3) is 10.6 Å². The molecule has 31 heavy (non-hydrogen) atoms. The first-order valence-corrected chi connectivity index (χ1v) is 10.9. The summed E-state index contributed by atoms with van der Waals surface area (Å²) in [4.78, 5) is 22.1. The summed E-state index contributed by atoms with van der Waals surface area (Å²) in [6, 6.07) is 15.7. The van der Waals surface area contributed by atoms with Gasteiger partial charge in [0.05, 0.1) is 23.0 Å². The molecule has 2 N–H and O–H groups in total. The summed E-state index contributed by atoms with van der Waals surface area (Å²) >= 11 is 1.64. The average Bonchev–Trinajstić information content (AvgIpc) is 3.41. The maximum absolute atomic E-state index is 11.3. The Kier molecular flexibility index (Phi) is 6.34. The first-order chi connectivity index (χ1) is 15.0. The molecule has 0 amide bonds.